The Morgan fingerprint density at radius 1 is 0.933 bits per heavy atom. The second-order valence-electron chi connectivity index (χ2n) is 5.69. The average molecular weight is 217 g/mol. The zero-order valence-electron chi connectivity index (χ0n) is 10.9. The first-order chi connectivity index (χ1) is 6.77. The van der Waals surface area contributed by atoms with Crippen molar-refractivity contribution in [3.05, 3.63) is 0 Å². The van der Waals surface area contributed by atoms with Gasteiger partial charge in [0.1, 0.15) is 0 Å². The van der Waals surface area contributed by atoms with E-state index in [0.29, 0.717) is 19.8 Å². The van der Waals surface area contributed by atoms with Gasteiger partial charge in [0.2, 0.25) is 0 Å². The number of nitrogens with two attached hydrogens (primary N) is 1. The first kappa shape index (κ1) is 14.9. The molecule has 3 heteroatoms. The smallest absolute Gasteiger partial charge is 0.0707 e. The van der Waals surface area contributed by atoms with E-state index in [9.17, 15) is 0 Å². The van der Waals surface area contributed by atoms with Crippen LogP contribution in [0.3, 0.4) is 0 Å². The van der Waals surface area contributed by atoms with Gasteiger partial charge in [-0.05, 0) is 39.2 Å². The second kappa shape index (κ2) is 6.46. The summed E-state index contributed by atoms with van der Waals surface area (Å²) in [5.74, 6) is 0. The summed E-state index contributed by atoms with van der Waals surface area (Å²) in [6.07, 6.45) is 0.999. The van der Waals surface area contributed by atoms with E-state index >= 15 is 0 Å². The van der Waals surface area contributed by atoms with E-state index < -0.39 is 0 Å². The molecular weight excluding hydrogens is 190 g/mol. The molecule has 0 radical (unpaired) electrons. The first-order valence-corrected chi connectivity index (χ1v) is 5.69. The Morgan fingerprint density at radius 3 is 2.00 bits per heavy atom. The number of rotatable bonds is 7. The maximum atomic E-state index is 5.62. The Balaban J connectivity index is 3.33. The van der Waals surface area contributed by atoms with Crippen molar-refractivity contribution in [3.63, 3.8) is 0 Å². The van der Waals surface area contributed by atoms with Crippen molar-refractivity contribution in [2.45, 2.75) is 46.6 Å². The van der Waals surface area contributed by atoms with Crippen LogP contribution in [0.5, 0.6) is 0 Å². The summed E-state index contributed by atoms with van der Waals surface area (Å²) >= 11 is 0. The summed E-state index contributed by atoms with van der Waals surface area (Å²) in [4.78, 5) is 0. The lowest BCUT2D eigenvalue weighted by molar-refractivity contribution is -0.0373. The third kappa shape index (κ3) is 10.2. The average Bonchev–Trinajstić information content (AvgIpc) is 2.09. The highest BCUT2D eigenvalue weighted by atomic mass is 16.5. The summed E-state index contributed by atoms with van der Waals surface area (Å²) in [6.45, 7) is 13.2. The standard InChI is InChI=1S/C12H27NO2/c1-11(2,3)15-9-8-14-7-6-12(4,5)10-13/h6-10,13H2,1-5H3. The van der Waals surface area contributed by atoms with E-state index in [4.69, 9.17) is 15.2 Å². The van der Waals surface area contributed by atoms with Crippen LogP contribution in [-0.2, 0) is 9.47 Å². The van der Waals surface area contributed by atoms with E-state index in [-0.39, 0.29) is 11.0 Å². The molecule has 0 atom stereocenters. The maximum absolute atomic E-state index is 5.62. The molecule has 0 saturated heterocycles. The minimum atomic E-state index is -0.0696. The monoisotopic (exact) mass is 217 g/mol. The van der Waals surface area contributed by atoms with Gasteiger partial charge in [0.15, 0.2) is 0 Å². The van der Waals surface area contributed by atoms with Gasteiger partial charge >= 0.3 is 0 Å². The highest BCUT2D eigenvalue weighted by molar-refractivity contribution is 4.68. The lowest BCUT2D eigenvalue weighted by Crippen LogP contribution is -2.26. The van der Waals surface area contributed by atoms with Crippen LogP contribution < -0.4 is 5.73 Å². The van der Waals surface area contributed by atoms with Gasteiger partial charge in [0.25, 0.3) is 0 Å². The molecule has 0 aromatic rings. The molecule has 92 valence electrons. The van der Waals surface area contributed by atoms with Crippen LogP contribution in [0, 0.1) is 5.41 Å². The Hall–Kier alpha value is -0.120. The Morgan fingerprint density at radius 2 is 1.53 bits per heavy atom. The van der Waals surface area contributed by atoms with Crippen molar-refractivity contribution in [2.75, 3.05) is 26.4 Å². The summed E-state index contributed by atoms with van der Waals surface area (Å²) in [6, 6.07) is 0. The molecule has 0 aromatic carbocycles. The van der Waals surface area contributed by atoms with E-state index in [1.807, 2.05) is 20.8 Å². The predicted octanol–water partition coefficient (Wildman–Crippen LogP) is 2.19. The van der Waals surface area contributed by atoms with Gasteiger partial charge in [-0.15, -0.1) is 0 Å². The van der Waals surface area contributed by atoms with Crippen LogP contribution in [0.4, 0.5) is 0 Å². The van der Waals surface area contributed by atoms with Gasteiger partial charge in [0.05, 0.1) is 18.8 Å². The minimum Gasteiger partial charge on any atom is -0.379 e. The lowest BCUT2D eigenvalue weighted by Gasteiger charge is -2.22. The van der Waals surface area contributed by atoms with Crippen LogP contribution in [-0.4, -0.2) is 32.0 Å². The zero-order valence-corrected chi connectivity index (χ0v) is 10.9. The van der Waals surface area contributed by atoms with Crippen LogP contribution in [0.15, 0.2) is 0 Å². The Bertz CT molecular complexity index is 161. The molecule has 0 heterocycles. The molecule has 3 nitrogen and oxygen atoms in total. The zero-order chi connectivity index (χ0) is 11.9. The van der Waals surface area contributed by atoms with Crippen molar-refractivity contribution in [1.82, 2.24) is 0 Å². The van der Waals surface area contributed by atoms with Gasteiger partial charge in [-0.1, -0.05) is 13.8 Å². The Labute approximate surface area is 94.3 Å². The van der Waals surface area contributed by atoms with Crippen LogP contribution in [0.25, 0.3) is 0 Å². The molecule has 0 aliphatic heterocycles. The third-order valence-corrected chi connectivity index (χ3v) is 2.24. The predicted molar refractivity (Wildman–Crippen MR) is 64.0 cm³/mol. The van der Waals surface area contributed by atoms with Crippen molar-refractivity contribution < 1.29 is 9.47 Å². The largest absolute Gasteiger partial charge is 0.379 e. The highest BCUT2D eigenvalue weighted by Gasteiger charge is 2.14. The third-order valence-electron chi connectivity index (χ3n) is 2.24. The van der Waals surface area contributed by atoms with E-state index in [1.165, 1.54) is 0 Å². The van der Waals surface area contributed by atoms with Gasteiger partial charge in [-0.25, -0.2) is 0 Å². The maximum Gasteiger partial charge on any atom is 0.0707 e. The van der Waals surface area contributed by atoms with Gasteiger partial charge < -0.3 is 15.2 Å². The van der Waals surface area contributed by atoms with Gasteiger partial charge in [-0.2, -0.15) is 0 Å². The molecule has 0 bridgehead atoms. The molecule has 2 N–H and O–H groups in total. The molecule has 0 amide bonds. The molecule has 0 saturated carbocycles. The topological polar surface area (TPSA) is 44.5 Å². The van der Waals surface area contributed by atoms with Crippen LogP contribution >= 0.6 is 0 Å². The summed E-state index contributed by atoms with van der Waals surface area (Å²) < 4.78 is 11.0. The highest BCUT2D eigenvalue weighted by Crippen LogP contribution is 2.17. The molecule has 0 aliphatic rings. The van der Waals surface area contributed by atoms with Crippen LogP contribution in [0.1, 0.15) is 41.0 Å². The second-order valence-corrected chi connectivity index (χ2v) is 5.69. The molecule has 0 aromatic heterocycles. The fraction of sp³-hybridized carbons (Fsp3) is 1.00. The molecule has 0 rings (SSSR count). The van der Waals surface area contributed by atoms with Gasteiger partial charge in [0, 0.05) is 6.61 Å². The van der Waals surface area contributed by atoms with Crippen molar-refractivity contribution in [1.29, 1.82) is 0 Å². The molecule has 0 spiro atoms. The van der Waals surface area contributed by atoms with Crippen molar-refractivity contribution in [2.24, 2.45) is 11.1 Å². The van der Waals surface area contributed by atoms with Gasteiger partial charge in [-0.3, -0.25) is 0 Å². The molecular formula is C12H27NO2. The minimum absolute atomic E-state index is 0.0696. The van der Waals surface area contributed by atoms with Crippen molar-refractivity contribution >= 4 is 0 Å². The van der Waals surface area contributed by atoms with Crippen LogP contribution in [0.2, 0.25) is 0 Å². The SMILES string of the molecule is CC(C)(CN)CCOCCOC(C)(C)C. The fourth-order valence-electron chi connectivity index (χ4n) is 0.959. The van der Waals surface area contributed by atoms with E-state index in [2.05, 4.69) is 13.8 Å². The molecule has 0 aliphatic carbocycles. The van der Waals surface area contributed by atoms with E-state index in [0.717, 1.165) is 13.0 Å². The molecule has 15 heavy (non-hydrogen) atoms. The lowest BCUT2D eigenvalue weighted by atomic mass is 9.90. The van der Waals surface area contributed by atoms with Crippen molar-refractivity contribution in [3.8, 4) is 0 Å². The summed E-state index contributed by atoms with van der Waals surface area (Å²) in [5.41, 5.74) is 5.74. The normalized spacial score (nSPS) is 13.2. The Kier molecular flexibility index (Phi) is 6.41. The molecule has 0 unspecified atom stereocenters. The molecule has 0 fully saturated rings. The van der Waals surface area contributed by atoms with E-state index in [1.54, 1.807) is 0 Å². The quantitative estimate of drug-likeness (QED) is 0.665. The fourth-order valence-corrected chi connectivity index (χ4v) is 0.959. The summed E-state index contributed by atoms with van der Waals surface area (Å²) in [5, 5.41) is 0. The number of ether oxygens (including phenoxy) is 2. The summed E-state index contributed by atoms with van der Waals surface area (Å²) in [7, 11) is 0. The number of hydrogen-bond donors (Lipinski definition) is 1. The number of hydrogen-bond acceptors (Lipinski definition) is 3. The first-order valence-electron chi connectivity index (χ1n) is 5.69.